The SMILES string of the molecule is Cc1ncc2c(Cl)ncc([CH]C3CCN(C(=O)OC(C)(C)C)CC3)n12. The number of carbonyl (C=O) groups is 1. The molecule has 2 aromatic rings. The number of aryl methyl sites for hydroxylation is 1. The number of halogens is 1. The van der Waals surface area contributed by atoms with Gasteiger partial charge in [-0.15, -0.1) is 0 Å². The molecule has 1 fully saturated rings. The van der Waals surface area contributed by atoms with E-state index in [4.69, 9.17) is 16.3 Å². The van der Waals surface area contributed by atoms with Gasteiger partial charge in [0.05, 0.1) is 6.20 Å². The molecule has 0 spiro atoms. The quantitative estimate of drug-likeness (QED) is 0.812. The molecule has 1 saturated heterocycles. The Morgan fingerprint density at radius 3 is 2.60 bits per heavy atom. The number of fused-ring (bicyclic) bond motifs is 1. The molecular formula is C18H24ClN4O2. The normalized spacial score (nSPS) is 16.4. The number of hydrogen-bond donors (Lipinski definition) is 0. The minimum atomic E-state index is -0.459. The maximum atomic E-state index is 12.2. The maximum absolute atomic E-state index is 12.2. The van der Waals surface area contributed by atoms with Crippen molar-refractivity contribution < 1.29 is 9.53 Å². The van der Waals surface area contributed by atoms with Crippen LogP contribution >= 0.6 is 11.6 Å². The molecule has 0 bridgehead atoms. The van der Waals surface area contributed by atoms with Gasteiger partial charge in [0.25, 0.3) is 0 Å². The third kappa shape index (κ3) is 4.06. The molecule has 0 aromatic carbocycles. The van der Waals surface area contributed by atoms with Crippen molar-refractivity contribution in [1.82, 2.24) is 19.3 Å². The highest BCUT2D eigenvalue weighted by atomic mass is 35.5. The number of nitrogens with zero attached hydrogens (tertiary/aromatic N) is 4. The molecule has 6 nitrogen and oxygen atoms in total. The van der Waals surface area contributed by atoms with Crippen LogP contribution < -0.4 is 0 Å². The first-order valence-electron chi connectivity index (χ1n) is 8.56. The fourth-order valence-electron chi connectivity index (χ4n) is 3.10. The minimum Gasteiger partial charge on any atom is -0.444 e. The van der Waals surface area contributed by atoms with E-state index in [-0.39, 0.29) is 6.09 Å². The summed E-state index contributed by atoms with van der Waals surface area (Å²) in [5.74, 6) is 1.27. The standard InChI is InChI=1S/C18H24ClN4O2/c1-12-20-11-15-16(19)21-10-14(23(12)15)9-13-5-7-22(8-6-13)17(24)25-18(2,3)4/h9-11,13H,5-8H2,1-4H3. The largest absolute Gasteiger partial charge is 0.444 e. The Hall–Kier alpha value is -1.82. The lowest BCUT2D eigenvalue weighted by Gasteiger charge is -2.33. The lowest BCUT2D eigenvalue weighted by Crippen LogP contribution is -2.41. The highest BCUT2D eigenvalue weighted by Crippen LogP contribution is 2.26. The maximum Gasteiger partial charge on any atom is 0.410 e. The summed E-state index contributed by atoms with van der Waals surface area (Å²) in [5.41, 5.74) is 1.35. The second-order valence-corrected chi connectivity index (χ2v) is 7.83. The fourth-order valence-corrected chi connectivity index (χ4v) is 3.28. The van der Waals surface area contributed by atoms with E-state index in [1.165, 1.54) is 0 Å². The number of piperidine rings is 1. The van der Waals surface area contributed by atoms with Crippen LogP contribution in [0.4, 0.5) is 4.79 Å². The predicted octanol–water partition coefficient (Wildman–Crippen LogP) is 3.89. The molecular weight excluding hydrogens is 340 g/mol. The Bertz CT molecular complexity index is 773. The van der Waals surface area contributed by atoms with Gasteiger partial charge in [-0.25, -0.2) is 14.8 Å². The van der Waals surface area contributed by atoms with E-state index in [0.717, 1.165) is 29.9 Å². The van der Waals surface area contributed by atoms with Crippen LogP contribution in [0.15, 0.2) is 12.4 Å². The van der Waals surface area contributed by atoms with Crippen molar-refractivity contribution in [2.45, 2.75) is 46.1 Å². The molecule has 0 N–H and O–H groups in total. The van der Waals surface area contributed by atoms with Crippen LogP contribution in [0.3, 0.4) is 0 Å². The number of rotatable bonds is 2. The van der Waals surface area contributed by atoms with E-state index >= 15 is 0 Å². The lowest BCUT2D eigenvalue weighted by molar-refractivity contribution is 0.0194. The molecule has 1 radical (unpaired) electrons. The van der Waals surface area contributed by atoms with Gasteiger partial charge in [0.1, 0.15) is 16.9 Å². The van der Waals surface area contributed by atoms with Gasteiger partial charge in [-0.05, 0) is 46.5 Å². The zero-order valence-electron chi connectivity index (χ0n) is 15.1. The Balaban J connectivity index is 1.64. The average Bonchev–Trinajstić information content (AvgIpc) is 2.92. The van der Waals surface area contributed by atoms with Gasteiger partial charge < -0.3 is 9.64 Å². The summed E-state index contributed by atoms with van der Waals surface area (Å²) in [4.78, 5) is 22.5. The van der Waals surface area contributed by atoms with Crippen LogP contribution in [0, 0.1) is 19.3 Å². The van der Waals surface area contributed by atoms with Crippen LogP contribution in [0.1, 0.15) is 45.1 Å². The van der Waals surface area contributed by atoms with Gasteiger partial charge >= 0.3 is 6.09 Å². The van der Waals surface area contributed by atoms with E-state index in [1.54, 1.807) is 17.3 Å². The van der Waals surface area contributed by atoms with Gasteiger partial charge in [-0.1, -0.05) is 11.6 Å². The van der Waals surface area contributed by atoms with Gasteiger partial charge in [0.15, 0.2) is 5.15 Å². The molecule has 0 unspecified atom stereocenters. The zero-order chi connectivity index (χ0) is 18.2. The van der Waals surface area contributed by atoms with Gasteiger partial charge in [0.2, 0.25) is 0 Å². The lowest BCUT2D eigenvalue weighted by atomic mass is 9.92. The van der Waals surface area contributed by atoms with E-state index < -0.39 is 5.60 Å². The highest BCUT2D eigenvalue weighted by Gasteiger charge is 2.27. The Morgan fingerprint density at radius 1 is 1.28 bits per heavy atom. The second-order valence-electron chi connectivity index (χ2n) is 7.47. The van der Waals surface area contributed by atoms with Crippen LogP contribution in [-0.2, 0) is 4.74 Å². The molecule has 25 heavy (non-hydrogen) atoms. The van der Waals surface area contributed by atoms with Crippen LogP contribution in [0.5, 0.6) is 0 Å². The number of hydrogen-bond acceptors (Lipinski definition) is 4. The van der Waals surface area contributed by atoms with E-state index in [1.807, 2.05) is 32.1 Å². The number of imidazole rings is 1. The molecule has 7 heteroatoms. The number of likely N-dealkylation sites (tertiary alicyclic amines) is 1. The summed E-state index contributed by atoms with van der Waals surface area (Å²) in [6.45, 7) is 9.01. The molecule has 1 amide bonds. The molecule has 0 atom stereocenters. The van der Waals surface area contributed by atoms with Gasteiger partial charge in [-0.3, -0.25) is 4.40 Å². The highest BCUT2D eigenvalue weighted by molar-refractivity contribution is 6.32. The van der Waals surface area contributed by atoms with Crippen molar-refractivity contribution in [3.05, 3.63) is 35.5 Å². The molecule has 135 valence electrons. The van der Waals surface area contributed by atoms with E-state index in [2.05, 4.69) is 16.4 Å². The molecule has 1 aliphatic rings. The summed E-state index contributed by atoms with van der Waals surface area (Å²) in [5, 5.41) is 0.456. The second kappa shape index (κ2) is 6.83. The van der Waals surface area contributed by atoms with Crippen molar-refractivity contribution in [2.75, 3.05) is 13.1 Å². The first kappa shape index (κ1) is 18.0. The third-order valence-corrected chi connectivity index (χ3v) is 4.61. The van der Waals surface area contributed by atoms with Crippen molar-refractivity contribution in [3.8, 4) is 0 Å². The van der Waals surface area contributed by atoms with Crippen LogP contribution in [0.25, 0.3) is 5.52 Å². The smallest absolute Gasteiger partial charge is 0.410 e. The average molecular weight is 364 g/mol. The molecule has 0 aliphatic carbocycles. The Kier molecular flexibility index (Phi) is 4.91. The topological polar surface area (TPSA) is 59.7 Å². The first-order chi connectivity index (χ1) is 11.7. The van der Waals surface area contributed by atoms with E-state index in [9.17, 15) is 4.79 Å². The Morgan fingerprint density at radius 2 is 1.96 bits per heavy atom. The number of aromatic nitrogens is 3. The summed E-state index contributed by atoms with van der Waals surface area (Å²) < 4.78 is 7.47. The summed E-state index contributed by atoms with van der Waals surface area (Å²) >= 11 is 6.15. The summed E-state index contributed by atoms with van der Waals surface area (Å²) in [6.07, 6.45) is 7.30. The predicted molar refractivity (Wildman–Crippen MR) is 96.7 cm³/mol. The molecule has 2 aromatic heterocycles. The van der Waals surface area contributed by atoms with Gasteiger partial charge in [-0.2, -0.15) is 0 Å². The third-order valence-electron chi connectivity index (χ3n) is 4.32. The van der Waals surface area contributed by atoms with Crippen molar-refractivity contribution in [3.63, 3.8) is 0 Å². The monoisotopic (exact) mass is 363 g/mol. The van der Waals surface area contributed by atoms with Crippen LogP contribution in [-0.4, -0.2) is 44.1 Å². The molecule has 1 aliphatic heterocycles. The molecule has 3 rings (SSSR count). The van der Waals surface area contributed by atoms with Gasteiger partial charge in [0, 0.05) is 31.4 Å². The Labute approximate surface area is 153 Å². The van der Waals surface area contributed by atoms with Crippen molar-refractivity contribution in [1.29, 1.82) is 0 Å². The number of amides is 1. The summed E-state index contributed by atoms with van der Waals surface area (Å²) in [6, 6.07) is 0. The fraction of sp³-hybridized carbons (Fsp3) is 0.556. The van der Waals surface area contributed by atoms with Crippen molar-refractivity contribution in [2.24, 2.45) is 5.92 Å². The first-order valence-corrected chi connectivity index (χ1v) is 8.94. The van der Waals surface area contributed by atoms with E-state index in [0.29, 0.717) is 24.2 Å². The number of carbonyl (C=O) groups excluding carboxylic acids is 1. The zero-order valence-corrected chi connectivity index (χ0v) is 15.9. The number of ether oxygens (including phenoxy) is 1. The van der Waals surface area contributed by atoms with Crippen LogP contribution in [0.2, 0.25) is 5.15 Å². The molecule has 3 heterocycles. The molecule has 0 saturated carbocycles. The van der Waals surface area contributed by atoms with Crippen molar-refractivity contribution >= 4 is 23.2 Å². The minimum absolute atomic E-state index is 0.230. The summed E-state index contributed by atoms with van der Waals surface area (Å²) in [7, 11) is 0.